The molecule has 0 bridgehead atoms. The van der Waals surface area contributed by atoms with Gasteiger partial charge in [-0.05, 0) is 5.56 Å². The molecule has 0 amide bonds. The first kappa shape index (κ1) is 25.3. The van der Waals surface area contributed by atoms with Gasteiger partial charge in [-0.25, -0.2) is 4.79 Å². The fourth-order valence-corrected chi connectivity index (χ4v) is 2.05. The highest BCUT2D eigenvalue weighted by Gasteiger charge is 1.96. The van der Waals surface area contributed by atoms with Crippen LogP contribution in [0, 0.1) is 0 Å². The number of carboxylic acid groups (broad SMARTS) is 1. The van der Waals surface area contributed by atoms with Crippen LogP contribution in [0.25, 0.3) is 0 Å². The second kappa shape index (κ2) is 19.6. The standard InChI is InChI=1S/C20H32O9/c21-20(22)29-17-16-27-13-12-25-9-8-23-6-7-24-10-11-26-14-15-28-18-19-4-2-1-3-5-19/h1-5H,6-18H2,(H,21,22). The molecule has 1 aromatic carbocycles. The van der Waals surface area contributed by atoms with Crippen molar-refractivity contribution >= 4 is 6.16 Å². The molecule has 29 heavy (non-hydrogen) atoms. The van der Waals surface area contributed by atoms with E-state index in [2.05, 4.69) is 4.74 Å². The molecule has 0 aliphatic rings. The number of hydrogen-bond donors (Lipinski definition) is 1. The van der Waals surface area contributed by atoms with Gasteiger partial charge in [0, 0.05) is 0 Å². The van der Waals surface area contributed by atoms with Crippen LogP contribution in [0.15, 0.2) is 30.3 Å². The van der Waals surface area contributed by atoms with E-state index in [0.29, 0.717) is 72.7 Å². The van der Waals surface area contributed by atoms with Crippen LogP contribution in [0.2, 0.25) is 0 Å². The summed E-state index contributed by atoms with van der Waals surface area (Å²) in [6.45, 7) is 5.68. The highest BCUT2D eigenvalue weighted by molar-refractivity contribution is 5.56. The zero-order valence-electron chi connectivity index (χ0n) is 16.8. The summed E-state index contributed by atoms with van der Waals surface area (Å²) in [5.41, 5.74) is 1.15. The van der Waals surface area contributed by atoms with E-state index in [1.165, 1.54) is 0 Å². The fraction of sp³-hybridized carbons (Fsp3) is 0.650. The van der Waals surface area contributed by atoms with E-state index < -0.39 is 6.16 Å². The molecular formula is C20H32O9. The first-order chi connectivity index (χ1) is 14.3. The summed E-state index contributed by atoms with van der Waals surface area (Å²) in [4.78, 5) is 10.1. The van der Waals surface area contributed by atoms with Crippen molar-refractivity contribution in [2.24, 2.45) is 0 Å². The number of hydrogen-bond acceptors (Lipinski definition) is 8. The Morgan fingerprint density at radius 3 is 1.38 bits per heavy atom. The normalized spacial score (nSPS) is 10.9. The molecule has 0 aliphatic heterocycles. The van der Waals surface area contributed by atoms with Gasteiger partial charge in [0.15, 0.2) is 0 Å². The lowest BCUT2D eigenvalue weighted by atomic mass is 10.2. The van der Waals surface area contributed by atoms with Gasteiger partial charge in [-0.15, -0.1) is 0 Å². The summed E-state index contributed by atoms with van der Waals surface area (Å²) in [5.74, 6) is 0. The van der Waals surface area contributed by atoms with Gasteiger partial charge in [0.1, 0.15) is 6.61 Å². The summed E-state index contributed by atoms with van der Waals surface area (Å²) in [6, 6.07) is 10.0. The van der Waals surface area contributed by atoms with Crippen LogP contribution in [-0.4, -0.2) is 90.5 Å². The second-order valence-electron chi connectivity index (χ2n) is 5.71. The Morgan fingerprint density at radius 2 is 0.966 bits per heavy atom. The minimum Gasteiger partial charge on any atom is -0.450 e. The van der Waals surface area contributed by atoms with Crippen molar-refractivity contribution in [1.29, 1.82) is 0 Å². The second-order valence-corrected chi connectivity index (χ2v) is 5.71. The Labute approximate surface area is 171 Å². The molecule has 9 nitrogen and oxygen atoms in total. The maximum Gasteiger partial charge on any atom is 0.505 e. The Morgan fingerprint density at radius 1 is 0.586 bits per heavy atom. The average molecular weight is 416 g/mol. The maximum absolute atomic E-state index is 10.1. The Balaban J connectivity index is 1.67. The highest BCUT2D eigenvalue weighted by atomic mass is 16.7. The van der Waals surface area contributed by atoms with E-state index in [-0.39, 0.29) is 13.2 Å². The first-order valence-corrected chi connectivity index (χ1v) is 9.65. The third-order valence-corrected chi connectivity index (χ3v) is 3.42. The van der Waals surface area contributed by atoms with Crippen LogP contribution >= 0.6 is 0 Å². The van der Waals surface area contributed by atoms with Crippen LogP contribution in [-0.2, 0) is 39.8 Å². The van der Waals surface area contributed by atoms with Gasteiger partial charge >= 0.3 is 6.16 Å². The van der Waals surface area contributed by atoms with Crippen LogP contribution in [0.5, 0.6) is 0 Å². The lowest BCUT2D eigenvalue weighted by molar-refractivity contribution is -0.0201. The topological polar surface area (TPSA) is 102 Å². The third-order valence-electron chi connectivity index (χ3n) is 3.42. The monoisotopic (exact) mass is 416 g/mol. The van der Waals surface area contributed by atoms with Crippen molar-refractivity contribution in [3.8, 4) is 0 Å². The molecule has 0 aromatic heterocycles. The van der Waals surface area contributed by atoms with Crippen molar-refractivity contribution in [2.75, 3.05) is 79.3 Å². The van der Waals surface area contributed by atoms with E-state index >= 15 is 0 Å². The van der Waals surface area contributed by atoms with E-state index in [1.807, 2.05) is 30.3 Å². The summed E-state index contributed by atoms with van der Waals surface area (Å²) >= 11 is 0. The molecule has 0 unspecified atom stereocenters. The van der Waals surface area contributed by atoms with E-state index in [0.717, 1.165) is 5.56 Å². The van der Waals surface area contributed by atoms with Crippen molar-refractivity contribution in [2.45, 2.75) is 6.61 Å². The van der Waals surface area contributed by atoms with Gasteiger partial charge < -0.3 is 38.3 Å². The zero-order valence-corrected chi connectivity index (χ0v) is 16.8. The van der Waals surface area contributed by atoms with Crippen LogP contribution in [0.3, 0.4) is 0 Å². The minimum atomic E-state index is -1.30. The molecule has 166 valence electrons. The van der Waals surface area contributed by atoms with Gasteiger partial charge in [0.2, 0.25) is 0 Å². The van der Waals surface area contributed by atoms with Gasteiger partial charge in [-0.2, -0.15) is 0 Å². The number of carbonyl (C=O) groups is 1. The largest absolute Gasteiger partial charge is 0.505 e. The van der Waals surface area contributed by atoms with Gasteiger partial charge in [0.05, 0.1) is 79.3 Å². The number of ether oxygens (including phenoxy) is 7. The minimum absolute atomic E-state index is 0.0194. The summed E-state index contributed by atoms with van der Waals surface area (Å²) in [6.07, 6.45) is -1.30. The van der Waals surface area contributed by atoms with Crippen molar-refractivity contribution in [1.82, 2.24) is 0 Å². The predicted octanol–water partition coefficient (Wildman–Crippen LogP) is 1.98. The van der Waals surface area contributed by atoms with Crippen LogP contribution < -0.4 is 0 Å². The summed E-state index contributed by atoms with van der Waals surface area (Å²) in [5, 5.41) is 8.25. The van der Waals surface area contributed by atoms with Gasteiger partial charge in [0.25, 0.3) is 0 Å². The summed E-state index contributed by atoms with van der Waals surface area (Å²) in [7, 11) is 0. The quantitative estimate of drug-likeness (QED) is 0.252. The molecule has 1 rings (SSSR count). The smallest absolute Gasteiger partial charge is 0.450 e. The van der Waals surface area contributed by atoms with Gasteiger partial charge in [-0.1, -0.05) is 30.3 Å². The molecule has 0 fully saturated rings. The van der Waals surface area contributed by atoms with E-state index in [9.17, 15) is 4.79 Å². The molecule has 0 saturated heterocycles. The fourth-order valence-electron chi connectivity index (χ4n) is 2.05. The Bertz CT molecular complexity index is 484. The Kier molecular flexibility index (Phi) is 17.1. The lowest BCUT2D eigenvalue weighted by Gasteiger charge is -2.08. The average Bonchev–Trinajstić information content (AvgIpc) is 2.73. The SMILES string of the molecule is O=C(O)OCCOCCOCCOCCOCCOCCOCc1ccccc1. The third kappa shape index (κ3) is 18.0. The molecule has 0 saturated carbocycles. The number of benzene rings is 1. The van der Waals surface area contributed by atoms with Gasteiger partial charge in [-0.3, -0.25) is 0 Å². The molecule has 1 N–H and O–H groups in total. The Hall–Kier alpha value is -1.75. The molecule has 1 aromatic rings. The maximum atomic E-state index is 10.1. The molecule has 9 heteroatoms. The van der Waals surface area contributed by atoms with Crippen molar-refractivity contribution in [3.63, 3.8) is 0 Å². The molecule has 0 radical (unpaired) electrons. The highest BCUT2D eigenvalue weighted by Crippen LogP contribution is 1.99. The zero-order chi connectivity index (χ0) is 20.8. The molecule has 0 aliphatic carbocycles. The predicted molar refractivity (Wildman–Crippen MR) is 104 cm³/mol. The number of rotatable bonds is 20. The molecule has 0 atom stereocenters. The summed E-state index contributed by atoms with van der Waals surface area (Å²) < 4.78 is 36.4. The van der Waals surface area contributed by atoms with Crippen molar-refractivity contribution in [3.05, 3.63) is 35.9 Å². The van der Waals surface area contributed by atoms with Crippen LogP contribution in [0.4, 0.5) is 4.79 Å². The van der Waals surface area contributed by atoms with Crippen LogP contribution in [0.1, 0.15) is 5.56 Å². The lowest BCUT2D eigenvalue weighted by Crippen LogP contribution is -2.14. The first-order valence-electron chi connectivity index (χ1n) is 9.65. The van der Waals surface area contributed by atoms with E-state index in [1.54, 1.807) is 0 Å². The van der Waals surface area contributed by atoms with Crippen molar-refractivity contribution < 1.29 is 43.1 Å². The molecule has 0 spiro atoms. The molecular weight excluding hydrogens is 384 g/mol. The molecule has 0 heterocycles. The van der Waals surface area contributed by atoms with E-state index in [4.69, 9.17) is 33.5 Å².